The molecule has 0 aromatic rings. The first kappa shape index (κ1) is 61.9. The highest BCUT2D eigenvalue weighted by atomic mass is 16.6. The highest BCUT2D eigenvalue weighted by molar-refractivity contribution is 5.71. The van der Waals surface area contributed by atoms with Crippen LogP contribution >= 0.6 is 0 Å². The SMILES string of the molecule is CCCCC/C=C\C/C=C\C/C=C\C/C=C\CCCCCC(=O)O[C@H](COC(=O)CCCCCCCCC/C=C\C/C=C\CCCCC)COC(=O)CCCCCCCCCCCCC. The number of hydrogen-bond donors (Lipinski definition) is 0. The third-order valence-electron chi connectivity index (χ3n) is 11.7. The Morgan fingerprint density at radius 1 is 0.308 bits per heavy atom. The standard InChI is InChI=1S/C59H102O6/c1-4-7-10-13-16-19-22-24-26-28-29-31-33-35-38-41-44-47-50-53-59(62)65-56(54-63-57(60)51-48-45-42-39-36-21-18-15-12-9-6-3)55-64-58(61)52-49-46-43-40-37-34-32-30-27-25-23-20-17-14-11-8-5-2/h16-17,19-20,24-27,29,31,35,38,56H,4-15,18,21-23,28,30,32-34,36-37,39-55H2,1-3H3/b19-16-,20-17-,26-24-,27-25-,31-29-,38-35-/t56-/m0/s1. The van der Waals surface area contributed by atoms with Gasteiger partial charge in [-0.2, -0.15) is 0 Å². The van der Waals surface area contributed by atoms with Gasteiger partial charge in [0.2, 0.25) is 0 Å². The van der Waals surface area contributed by atoms with E-state index in [9.17, 15) is 14.4 Å². The Hall–Kier alpha value is -3.15. The van der Waals surface area contributed by atoms with Crippen molar-refractivity contribution in [2.24, 2.45) is 0 Å². The van der Waals surface area contributed by atoms with Crippen molar-refractivity contribution < 1.29 is 28.6 Å². The molecule has 0 saturated carbocycles. The minimum absolute atomic E-state index is 0.0894. The fraction of sp³-hybridized carbons (Fsp3) is 0.746. The van der Waals surface area contributed by atoms with Crippen LogP contribution in [-0.2, 0) is 28.6 Å². The molecule has 65 heavy (non-hydrogen) atoms. The summed E-state index contributed by atoms with van der Waals surface area (Å²) in [5, 5.41) is 0. The summed E-state index contributed by atoms with van der Waals surface area (Å²) in [5.74, 6) is -0.924. The van der Waals surface area contributed by atoms with E-state index in [2.05, 4.69) is 93.7 Å². The molecule has 0 N–H and O–H groups in total. The molecule has 0 aliphatic rings. The van der Waals surface area contributed by atoms with E-state index in [0.29, 0.717) is 19.3 Å². The Morgan fingerprint density at radius 2 is 0.554 bits per heavy atom. The van der Waals surface area contributed by atoms with Crippen LogP contribution in [0.3, 0.4) is 0 Å². The minimum Gasteiger partial charge on any atom is -0.462 e. The lowest BCUT2D eigenvalue weighted by molar-refractivity contribution is -0.167. The van der Waals surface area contributed by atoms with Crippen LogP contribution in [0.25, 0.3) is 0 Å². The molecule has 0 aromatic heterocycles. The Morgan fingerprint density at radius 3 is 0.908 bits per heavy atom. The van der Waals surface area contributed by atoms with Crippen molar-refractivity contribution >= 4 is 17.9 Å². The first-order chi connectivity index (χ1) is 32.0. The van der Waals surface area contributed by atoms with Crippen molar-refractivity contribution in [2.45, 2.75) is 271 Å². The monoisotopic (exact) mass is 907 g/mol. The van der Waals surface area contributed by atoms with Crippen molar-refractivity contribution in [1.82, 2.24) is 0 Å². The summed E-state index contributed by atoms with van der Waals surface area (Å²) in [6, 6.07) is 0. The number of hydrogen-bond acceptors (Lipinski definition) is 6. The van der Waals surface area contributed by atoms with Gasteiger partial charge in [-0.1, -0.05) is 222 Å². The van der Waals surface area contributed by atoms with E-state index in [1.54, 1.807) is 0 Å². The second-order valence-electron chi connectivity index (χ2n) is 18.1. The molecule has 374 valence electrons. The summed E-state index contributed by atoms with van der Waals surface area (Å²) in [6.07, 6.45) is 67.4. The summed E-state index contributed by atoms with van der Waals surface area (Å²) < 4.78 is 16.8. The van der Waals surface area contributed by atoms with Crippen LogP contribution in [0.5, 0.6) is 0 Å². The summed E-state index contributed by atoms with van der Waals surface area (Å²) in [5.41, 5.74) is 0. The van der Waals surface area contributed by atoms with Gasteiger partial charge in [0, 0.05) is 19.3 Å². The molecule has 0 radical (unpaired) electrons. The van der Waals surface area contributed by atoms with Gasteiger partial charge in [0.05, 0.1) is 0 Å². The summed E-state index contributed by atoms with van der Waals surface area (Å²) in [6.45, 7) is 6.55. The summed E-state index contributed by atoms with van der Waals surface area (Å²) in [4.78, 5) is 38.0. The molecule has 1 atom stereocenters. The lowest BCUT2D eigenvalue weighted by Crippen LogP contribution is -2.30. The lowest BCUT2D eigenvalue weighted by Gasteiger charge is -2.18. The van der Waals surface area contributed by atoms with Gasteiger partial charge in [-0.05, 0) is 96.3 Å². The van der Waals surface area contributed by atoms with E-state index < -0.39 is 6.10 Å². The normalized spacial score (nSPS) is 12.6. The number of carbonyl (C=O) groups excluding carboxylic acids is 3. The van der Waals surface area contributed by atoms with Crippen LogP contribution < -0.4 is 0 Å². The maximum atomic E-state index is 12.8. The molecule has 0 spiro atoms. The Bertz CT molecular complexity index is 1230. The molecule has 0 aromatic carbocycles. The van der Waals surface area contributed by atoms with Crippen molar-refractivity contribution in [1.29, 1.82) is 0 Å². The van der Waals surface area contributed by atoms with E-state index in [-0.39, 0.29) is 31.1 Å². The van der Waals surface area contributed by atoms with Crippen LogP contribution in [0.2, 0.25) is 0 Å². The number of allylic oxidation sites excluding steroid dienone is 12. The smallest absolute Gasteiger partial charge is 0.306 e. The van der Waals surface area contributed by atoms with Gasteiger partial charge in [-0.15, -0.1) is 0 Å². The molecule has 0 bridgehead atoms. The Balaban J connectivity index is 4.43. The van der Waals surface area contributed by atoms with E-state index in [1.165, 1.54) is 128 Å². The molecule has 6 nitrogen and oxygen atoms in total. The summed E-state index contributed by atoms with van der Waals surface area (Å²) >= 11 is 0. The number of unbranched alkanes of at least 4 members (excludes halogenated alkanes) is 26. The largest absolute Gasteiger partial charge is 0.462 e. The van der Waals surface area contributed by atoms with Gasteiger partial charge in [-0.3, -0.25) is 14.4 Å². The van der Waals surface area contributed by atoms with Crippen LogP contribution in [0.15, 0.2) is 72.9 Å². The molecule has 0 aliphatic heterocycles. The van der Waals surface area contributed by atoms with Gasteiger partial charge in [0.1, 0.15) is 13.2 Å². The molecule has 0 amide bonds. The van der Waals surface area contributed by atoms with Crippen LogP contribution in [0.4, 0.5) is 0 Å². The summed E-state index contributed by atoms with van der Waals surface area (Å²) in [7, 11) is 0. The van der Waals surface area contributed by atoms with Crippen LogP contribution in [-0.4, -0.2) is 37.2 Å². The zero-order valence-electron chi connectivity index (χ0n) is 42.7. The average Bonchev–Trinajstić information content (AvgIpc) is 3.30. The maximum absolute atomic E-state index is 12.8. The quantitative estimate of drug-likeness (QED) is 0.0262. The topological polar surface area (TPSA) is 78.9 Å². The first-order valence-electron chi connectivity index (χ1n) is 27.4. The van der Waals surface area contributed by atoms with E-state index >= 15 is 0 Å². The van der Waals surface area contributed by atoms with Gasteiger partial charge < -0.3 is 14.2 Å². The van der Waals surface area contributed by atoms with Crippen molar-refractivity contribution in [3.8, 4) is 0 Å². The molecular formula is C59H102O6. The van der Waals surface area contributed by atoms with Gasteiger partial charge in [0.25, 0.3) is 0 Å². The van der Waals surface area contributed by atoms with E-state index in [0.717, 1.165) is 96.3 Å². The fourth-order valence-corrected chi connectivity index (χ4v) is 7.51. The molecule has 6 heteroatoms. The molecule has 0 rings (SSSR count). The van der Waals surface area contributed by atoms with E-state index in [1.807, 2.05) is 0 Å². The molecule has 0 heterocycles. The van der Waals surface area contributed by atoms with Crippen LogP contribution in [0.1, 0.15) is 265 Å². The van der Waals surface area contributed by atoms with Gasteiger partial charge in [0.15, 0.2) is 6.10 Å². The van der Waals surface area contributed by atoms with Gasteiger partial charge >= 0.3 is 17.9 Å². The van der Waals surface area contributed by atoms with Crippen molar-refractivity contribution in [3.05, 3.63) is 72.9 Å². The van der Waals surface area contributed by atoms with E-state index in [4.69, 9.17) is 14.2 Å². The highest BCUT2D eigenvalue weighted by Crippen LogP contribution is 2.14. The van der Waals surface area contributed by atoms with Crippen molar-refractivity contribution in [2.75, 3.05) is 13.2 Å². The number of esters is 3. The molecule has 0 fully saturated rings. The maximum Gasteiger partial charge on any atom is 0.306 e. The third kappa shape index (κ3) is 51.7. The predicted octanol–water partition coefficient (Wildman–Crippen LogP) is 18.2. The molecular weight excluding hydrogens is 805 g/mol. The second-order valence-corrected chi connectivity index (χ2v) is 18.1. The first-order valence-corrected chi connectivity index (χ1v) is 27.4. The molecule has 0 unspecified atom stereocenters. The number of carbonyl (C=O) groups is 3. The minimum atomic E-state index is -0.793. The Labute approximate surface area is 402 Å². The fourth-order valence-electron chi connectivity index (χ4n) is 7.51. The zero-order valence-corrected chi connectivity index (χ0v) is 42.7. The zero-order chi connectivity index (χ0) is 47.2. The number of ether oxygens (including phenoxy) is 3. The molecule has 0 saturated heterocycles. The predicted molar refractivity (Wildman–Crippen MR) is 279 cm³/mol. The van der Waals surface area contributed by atoms with Gasteiger partial charge in [-0.25, -0.2) is 0 Å². The number of rotatable bonds is 49. The average molecular weight is 907 g/mol. The van der Waals surface area contributed by atoms with Crippen LogP contribution in [0, 0.1) is 0 Å². The molecule has 0 aliphatic carbocycles. The third-order valence-corrected chi connectivity index (χ3v) is 11.7. The highest BCUT2D eigenvalue weighted by Gasteiger charge is 2.19. The lowest BCUT2D eigenvalue weighted by atomic mass is 10.1. The van der Waals surface area contributed by atoms with Crippen molar-refractivity contribution in [3.63, 3.8) is 0 Å². The Kier molecular flexibility index (Phi) is 50.9. The second kappa shape index (κ2) is 53.5.